The second-order valence-electron chi connectivity index (χ2n) is 5.06. The molecule has 2 rings (SSSR count). The van der Waals surface area contributed by atoms with Gasteiger partial charge in [-0.1, -0.05) is 6.92 Å². The number of amides is 1. The summed E-state index contributed by atoms with van der Waals surface area (Å²) in [4.78, 5) is 14.1. The van der Waals surface area contributed by atoms with Crippen molar-refractivity contribution in [3.63, 3.8) is 0 Å². The van der Waals surface area contributed by atoms with Gasteiger partial charge in [0.15, 0.2) is 5.82 Å². The van der Waals surface area contributed by atoms with E-state index in [0.29, 0.717) is 19.8 Å². The summed E-state index contributed by atoms with van der Waals surface area (Å²) >= 11 is 0. The van der Waals surface area contributed by atoms with Gasteiger partial charge in [0.25, 0.3) is 0 Å². The smallest absolute Gasteiger partial charge is 0.234 e. The van der Waals surface area contributed by atoms with Crippen molar-refractivity contribution in [2.24, 2.45) is 0 Å². The number of aromatic nitrogens is 3. The van der Waals surface area contributed by atoms with Gasteiger partial charge in [-0.2, -0.15) is 0 Å². The van der Waals surface area contributed by atoms with Crippen LogP contribution in [-0.4, -0.2) is 58.4 Å². The Bertz CT molecular complexity index is 428. The third kappa shape index (κ3) is 4.01. The number of ether oxygens (including phenoxy) is 1. The quantitative estimate of drug-likeness (QED) is 0.806. The molecule has 0 bridgehead atoms. The Labute approximate surface area is 119 Å². The molecule has 112 valence electrons. The van der Waals surface area contributed by atoms with Crippen LogP contribution in [0.3, 0.4) is 0 Å². The molecule has 0 saturated carbocycles. The van der Waals surface area contributed by atoms with Gasteiger partial charge in [0.2, 0.25) is 5.91 Å². The van der Waals surface area contributed by atoms with Crippen molar-refractivity contribution < 1.29 is 9.53 Å². The van der Waals surface area contributed by atoms with Crippen molar-refractivity contribution in [1.82, 2.24) is 25.0 Å². The fourth-order valence-corrected chi connectivity index (χ4v) is 2.33. The van der Waals surface area contributed by atoms with Gasteiger partial charge < -0.3 is 14.6 Å². The van der Waals surface area contributed by atoms with Gasteiger partial charge in [-0.3, -0.25) is 9.69 Å². The van der Waals surface area contributed by atoms with Crippen LogP contribution in [0.4, 0.5) is 0 Å². The van der Waals surface area contributed by atoms with E-state index in [2.05, 4.69) is 27.3 Å². The van der Waals surface area contributed by atoms with E-state index in [0.717, 1.165) is 31.9 Å². The fraction of sp³-hybridized carbons (Fsp3) is 0.769. The Morgan fingerprint density at radius 2 is 2.25 bits per heavy atom. The lowest BCUT2D eigenvalue weighted by Crippen LogP contribution is -2.43. The SMILES string of the molecule is CCCn1cnnc1[C@H](C)NC(=O)CN1CCOCC1. The lowest BCUT2D eigenvalue weighted by molar-refractivity contribution is -0.123. The maximum atomic E-state index is 12.0. The number of nitrogens with one attached hydrogen (secondary N) is 1. The molecule has 20 heavy (non-hydrogen) atoms. The number of aryl methyl sites for hydroxylation is 1. The van der Waals surface area contributed by atoms with E-state index in [1.165, 1.54) is 0 Å². The number of hydrogen-bond donors (Lipinski definition) is 1. The molecule has 1 fully saturated rings. The molecule has 1 saturated heterocycles. The summed E-state index contributed by atoms with van der Waals surface area (Å²) in [6, 6.07) is -0.127. The van der Waals surface area contributed by atoms with Crippen LogP contribution in [0.1, 0.15) is 32.1 Å². The number of carbonyl (C=O) groups excluding carboxylic acids is 1. The predicted molar refractivity (Wildman–Crippen MR) is 74.1 cm³/mol. The summed E-state index contributed by atoms with van der Waals surface area (Å²) in [6.07, 6.45) is 2.73. The van der Waals surface area contributed by atoms with Crippen LogP contribution in [0.5, 0.6) is 0 Å². The maximum absolute atomic E-state index is 12.0. The topological polar surface area (TPSA) is 72.3 Å². The molecular weight excluding hydrogens is 258 g/mol. The summed E-state index contributed by atoms with van der Waals surface area (Å²) in [6.45, 7) is 8.35. The Balaban J connectivity index is 1.84. The minimum atomic E-state index is -0.127. The first-order chi connectivity index (χ1) is 9.70. The molecule has 0 unspecified atom stereocenters. The van der Waals surface area contributed by atoms with Gasteiger partial charge in [0.05, 0.1) is 25.8 Å². The second kappa shape index (κ2) is 7.35. The molecule has 0 spiro atoms. The van der Waals surface area contributed by atoms with Gasteiger partial charge in [-0.15, -0.1) is 10.2 Å². The van der Waals surface area contributed by atoms with Crippen molar-refractivity contribution in [3.05, 3.63) is 12.2 Å². The predicted octanol–water partition coefficient (Wildman–Crippen LogP) is 0.198. The summed E-state index contributed by atoms with van der Waals surface area (Å²) in [7, 11) is 0. The van der Waals surface area contributed by atoms with Crippen molar-refractivity contribution in [2.45, 2.75) is 32.9 Å². The number of morpholine rings is 1. The molecule has 7 nitrogen and oxygen atoms in total. The van der Waals surface area contributed by atoms with Crippen molar-refractivity contribution >= 4 is 5.91 Å². The van der Waals surface area contributed by atoms with Crippen LogP contribution in [0.2, 0.25) is 0 Å². The molecule has 0 aromatic carbocycles. The van der Waals surface area contributed by atoms with E-state index in [4.69, 9.17) is 4.74 Å². The Kier molecular flexibility index (Phi) is 5.49. The van der Waals surface area contributed by atoms with Crippen LogP contribution in [-0.2, 0) is 16.1 Å². The maximum Gasteiger partial charge on any atom is 0.234 e. The van der Waals surface area contributed by atoms with E-state index in [1.807, 2.05) is 11.5 Å². The summed E-state index contributed by atoms with van der Waals surface area (Å²) in [5, 5.41) is 11.0. The Morgan fingerprint density at radius 3 is 2.95 bits per heavy atom. The number of rotatable bonds is 6. The summed E-state index contributed by atoms with van der Waals surface area (Å²) in [5.74, 6) is 0.827. The van der Waals surface area contributed by atoms with E-state index in [-0.39, 0.29) is 11.9 Å². The van der Waals surface area contributed by atoms with Crippen LogP contribution in [0, 0.1) is 0 Å². The van der Waals surface area contributed by atoms with Gasteiger partial charge in [0, 0.05) is 19.6 Å². The second-order valence-corrected chi connectivity index (χ2v) is 5.06. The molecule has 0 radical (unpaired) electrons. The molecule has 1 amide bonds. The average Bonchev–Trinajstić information content (AvgIpc) is 2.88. The molecule has 1 aliphatic rings. The first kappa shape index (κ1) is 14.9. The standard InChI is InChI=1S/C13H23N5O2/c1-3-4-18-10-14-16-13(18)11(2)15-12(19)9-17-5-7-20-8-6-17/h10-11H,3-9H2,1-2H3,(H,15,19)/t11-/m0/s1. The molecule has 1 atom stereocenters. The van der Waals surface area contributed by atoms with Crippen molar-refractivity contribution in [2.75, 3.05) is 32.8 Å². The van der Waals surface area contributed by atoms with Crippen LogP contribution >= 0.6 is 0 Å². The van der Waals surface area contributed by atoms with Gasteiger partial charge >= 0.3 is 0 Å². The first-order valence-electron chi connectivity index (χ1n) is 7.18. The van der Waals surface area contributed by atoms with E-state index < -0.39 is 0 Å². The highest BCUT2D eigenvalue weighted by Gasteiger charge is 2.18. The van der Waals surface area contributed by atoms with Gasteiger partial charge in [0.1, 0.15) is 6.33 Å². The highest BCUT2D eigenvalue weighted by atomic mass is 16.5. The fourth-order valence-electron chi connectivity index (χ4n) is 2.33. The third-order valence-electron chi connectivity index (χ3n) is 3.35. The van der Waals surface area contributed by atoms with Crippen LogP contribution in [0.15, 0.2) is 6.33 Å². The minimum Gasteiger partial charge on any atom is -0.379 e. The number of hydrogen-bond acceptors (Lipinski definition) is 5. The van der Waals surface area contributed by atoms with Crippen LogP contribution in [0.25, 0.3) is 0 Å². The van der Waals surface area contributed by atoms with Crippen molar-refractivity contribution in [1.29, 1.82) is 0 Å². The normalized spacial score (nSPS) is 17.9. The number of nitrogens with zero attached hydrogens (tertiary/aromatic N) is 4. The molecule has 2 heterocycles. The summed E-state index contributed by atoms with van der Waals surface area (Å²) < 4.78 is 7.25. The Morgan fingerprint density at radius 1 is 1.50 bits per heavy atom. The van der Waals surface area contributed by atoms with Gasteiger partial charge in [-0.25, -0.2) is 0 Å². The molecule has 1 aliphatic heterocycles. The van der Waals surface area contributed by atoms with E-state index in [9.17, 15) is 4.79 Å². The molecule has 1 aromatic heterocycles. The lowest BCUT2D eigenvalue weighted by atomic mass is 10.3. The molecule has 1 aromatic rings. The molecule has 0 aliphatic carbocycles. The molecule has 7 heteroatoms. The zero-order valence-electron chi connectivity index (χ0n) is 12.2. The van der Waals surface area contributed by atoms with Crippen molar-refractivity contribution in [3.8, 4) is 0 Å². The number of carbonyl (C=O) groups is 1. The lowest BCUT2D eigenvalue weighted by Gasteiger charge is -2.26. The average molecular weight is 281 g/mol. The largest absolute Gasteiger partial charge is 0.379 e. The zero-order valence-corrected chi connectivity index (χ0v) is 12.2. The molecule has 1 N–H and O–H groups in total. The van der Waals surface area contributed by atoms with Gasteiger partial charge in [-0.05, 0) is 13.3 Å². The van der Waals surface area contributed by atoms with E-state index in [1.54, 1.807) is 6.33 Å². The van der Waals surface area contributed by atoms with E-state index >= 15 is 0 Å². The van der Waals surface area contributed by atoms with Crippen LogP contribution < -0.4 is 5.32 Å². The minimum absolute atomic E-state index is 0.0189. The Hall–Kier alpha value is -1.47. The summed E-state index contributed by atoms with van der Waals surface area (Å²) in [5.41, 5.74) is 0. The first-order valence-corrected chi connectivity index (χ1v) is 7.18. The monoisotopic (exact) mass is 281 g/mol. The third-order valence-corrected chi connectivity index (χ3v) is 3.35. The highest BCUT2D eigenvalue weighted by molar-refractivity contribution is 5.78. The zero-order chi connectivity index (χ0) is 14.4. The molecular formula is C13H23N5O2. The highest BCUT2D eigenvalue weighted by Crippen LogP contribution is 2.09.